The summed E-state index contributed by atoms with van der Waals surface area (Å²) in [5.74, 6) is -0.329. The van der Waals surface area contributed by atoms with Crippen molar-refractivity contribution in [2.75, 3.05) is 0 Å². The molecule has 0 radical (unpaired) electrons. The van der Waals surface area contributed by atoms with Crippen molar-refractivity contribution in [1.82, 2.24) is 15.0 Å². The molecule has 0 aliphatic heterocycles. The van der Waals surface area contributed by atoms with Gasteiger partial charge in [-0.25, -0.2) is 4.68 Å². The van der Waals surface area contributed by atoms with E-state index in [-0.39, 0.29) is 12.1 Å². The average Bonchev–Trinajstić information content (AvgIpc) is 2.79. The molecule has 2 aromatic rings. The normalized spacial score (nSPS) is 18.4. The molecule has 3 rings (SSSR count). The van der Waals surface area contributed by atoms with Gasteiger partial charge in [0, 0.05) is 4.88 Å². The van der Waals surface area contributed by atoms with Gasteiger partial charge in [-0.3, -0.25) is 9.59 Å². The van der Waals surface area contributed by atoms with Crippen LogP contribution in [0.3, 0.4) is 0 Å². The van der Waals surface area contributed by atoms with Crippen molar-refractivity contribution in [3.8, 4) is 0 Å². The summed E-state index contributed by atoms with van der Waals surface area (Å²) in [7, 11) is 0. The van der Waals surface area contributed by atoms with E-state index in [0.29, 0.717) is 16.1 Å². The Kier molecular flexibility index (Phi) is 3.55. The number of thiophene rings is 1. The third-order valence-corrected chi connectivity index (χ3v) is 5.45. The van der Waals surface area contributed by atoms with Gasteiger partial charge in [0.15, 0.2) is 4.83 Å². The second-order valence-corrected chi connectivity index (χ2v) is 7.86. The first-order valence-electron chi connectivity index (χ1n) is 7.41. The lowest BCUT2D eigenvalue weighted by molar-refractivity contribution is -0.147. The summed E-state index contributed by atoms with van der Waals surface area (Å²) in [5, 5.41) is 18.0. The van der Waals surface area contributed by atoms with Crippen LogP contribution in [0.15, 0.2) is 4.79 Å². The lowest BCUT2D eigenvalue weighted by atomic mass is 9.89. The number of nitrogens with zero attached hydrogens (tertiary/aromatic N) is 3. The molecule has 1 aliphatic carbocycles. The number of aliphatic carboxylic acids is 1. The molecule has 2 heterocycles. The fourth-order valence-corrected chi connectivity index (χ4v) is 4.16. The van der Waals surface area contributed by atoms with Gasteiger partial charge >= 0.3 is 5.97 Å². The molecule has 0 bridgehead atoms. The Morgan fingerprint density at radius 2 is 2.23 bits per heavy atom. The van der Waals surface area contributed by atoms with E-state index in [1.807, 2.05) is 0 Å². The number of hydrogen-bond donors (Lipinski definition) is 1. The third kappa shape index (κ3) is 2.43. The van der Waals surface area contributed by atoms with Crippen molar-refractivity contribution in [3.63, 3.8) is 0 Å². The Bertz CT molecular complexity index is 806. The highest BCUT2D eigenvalue weighted by Crippen LogP contribution is 2.35. The summed E-state index contributed by atoms with van der Waals surface area (Å²) < 4.78 is 1.20. The number of carbonyl (C=O) groups is 1. The van der Waals surface area contributed by atoms with E-state index in [4.69, 9.17) is 0 Å². The topological polar surface area (TPSA) is 85.1 Å². The highest BCUT2D eigenvalue weighted by molar-refractivity contribution is 7.18. The van der Waals surface area contributed by atoms with Crippen LogP contribution >= 0.6 is 11.3 Å². The molecule has 0 saturated heterocycles. The Balaban J connectivity index is 2.10. The predicted molar refractivity (Wildman–Crippen MR) is 84.3 cm³/mol. The summed E-state index contributed by atoms with van der Waals surface area (Å²) in [4.78, 5) is 25.9. The molecule has 0 fully saturated rings. The zero-order valence-corrected chi connectivity index (χ0v) is 13.7. The van der Waals surface area contributed by atoms with Gasteiger partial charge < -0.3 is 5.11 Å². The lowest BCUT2D eigenvalue weighted by Crippen LogP contribution is -2.36. The monoisotopic (exact) mass is 321 g/mol. The van der Waals surface area contributed by atoms with E-state index < -0.39 is 11.4 Å². The quantitative estimate of drug-likeness (QED) is 0.935. The van der Waals surface area contributed by atoms with Crippen molar-refractivity contribution in [2.45, 2.75) is 46.6 Å². The molecule has 0 aromatic carbocycles. The van der Waals surface area contributed by atoms with Crippen molar-refractivity contribution in [1.29, 1.82) is 0 Å². The third-order valence-electron chi connectivity index (χ3n) is 4.31. The Morgan fingerprint density at radius 1 is 1.50 bits per heavy atom. The van der Waals surface area contributed by atoms with Gasteiger partial charge in [-0.1, -0.05) is 12.1 Å². The summed E-state index contributed by atoms with van der Waals surface area (Å²) >= 11 is 1.55. The van der Waals surface area contributed by atoms with Gasteiger partial charge in [0.2, 0.25) is 0 Å². The molecule has 118 valence electrons. The molecule has 0 spiro atoms. The fraction of sp³-hybridized carbons (Fsp3) is 0.600. The van der Waals surface area contributed by atoms with Crippen LogP contribution in [0.5, 0.6) is 0 Å². The molecular weight excluding hydrogens is 302 g/mol. The van der Waals surface area contributed by atoms with E-state index in [9.17, 15) is 14.7 Å². The molecule has 1 unspecified atom stereocenters. The van der Waals surface area contributed by atoms with E-state index in [0.717, 1.165) is 24.8 Å². The van der Waals surface area contributed by atoms with E-state index in [1.165, 1.54) is 9.56 Å². The SMILES string of the molecule is CC1CCc2c(sc3nnn(CC(C)(C)C(=O)O)c(=O)c23)C1. The first kappa shape index (κ1) is 15.1. The van der Waals surface area contributed by atoms with Gasteiger partial charge in [-0.05, 0) is 44.6 Å². The minimum atomic E-state index is -1.06. The molecule has 7 heteroatoms. The number of rotatable bonds is 3. The molecule has 1 N–H and O–H groups in total. The standard InChI is InChI=1S/C15H19N3O3S/c1-8-4-5-9-10(6-8)22-12-11(9)13(19)18(17-16-12)7-15(2,3)14(20)21/h8H,4-7H2,1-3H3,(H,20,21). The molecule has 22 heavy (non-hydrogen) atoms. The summed E-state index contributed by atoms with van der Waals surface area (Å²) in [5.41, 5.74) is -0.178. The maximum absolute atomic E-state index is 12.7. The zero-order chi connectivity index (χ0) is 16.1. The zero-order valence-electron chi connectivity index (χ0n) is 12.9. The first-order chi connectivity index (χ1) is 10.3. The number of carboxylic acids is 1. The second-order valence-electron chi connectivity index (χ2n) is 6.77. The van der Waals surface area contributed by atoms with E-state index in [2.05, 4.69) is 17.2 Å². The maximum atomic E-state index is 12.7. The summed E-state index contributed by atoms with van der Waals surface area (Å²) in [6, 6.07) is 0. The second kappa shape index (κ2) is 5.15. The van der Waals surface area contributed by atoms with Crippen LogP contribution in [-0.2, 0) is 24.2 Å². The highest BCUT2D eigenvalue weighted by atomic mass is 32.1. The number of aryl methyl sites for hydroxylation is 1. The van der Waals surface area contributed by atoms with Crippen LogP contribution in [0.4, 0.5) is 0 Å². The van der Waals surface area contributed by atoms with Crippen molar-refractivity contribution >= 4 is 27.5 Å². The Morgan fingerprint density at radius 3 is 2.91 bits per heavy atom. The van der Waals surface area contributed by atoms with Gasteiger partial charge in [-0.15, -0.1) is 16.4 Å². The summed E-state index contributed by atoms with van der Waals surface area (Å²) in [6.45, 7) is 5.40. The van der Waals surface area contributed by atoms with E-state index in [1.54, 1.807) is 25.2 Å². The Labute approximate surface area is 131 Å². The number of carboxylic acid groups (broad SMARTS) is 1. The van der Waals surface area contributed by atoms with Crippen LogP contribution in [0, 0.1) is 11.3 Å². The largest absolute Gasteiger partial charge is 0.481 e. The molecular formula is C15H19N3O3S. The maximum Gasteiger partial charge on any atom is 0.310 e. The number of aromatic nitrogens is 3. The van der Waals surface area contributed by atoms with Crippen LogP contribution in [0.1, 0.15) is 37.6 Å². The summed E-state index contributed by atoms with van der Waals surface area (Å²) in [6.07, 6.45) is 2.94. The molecule has 1 aliphatic rings. The first-order valence-corrected chi connectivity index (χ1v) is 8.22. The van der Waals surface area contributed by atoms with Gasteiger partial charge in [0.05, 0.1) is 17.3 Å². The van der Waals surface area contributed by atoms with E-state index >= 15 is 0 Å². The minimum absolute atomic E-state index is 0.0190. The number of hydrogen-bond acceptors (Lipinski definition) is 5. The van der Waals surface area contributed by atoms with Crippen molar-refractivity contribution in [3.05, 3.63) is 20.8 Å². The molecule has 1 atom stereocenters. The van der Waals surface area contributed by atoms with Gasteiger partial charge in [0.1, 0.15) is 0 Å². The smallest absolute Gasteiger partial charge is 0.310 e. The lowest BCUT2D eigenvalue weighted by Gasteiger charge is -2.19. The molecule has 6 nitrogen and oxygen atoms in total. The van der Waals surface area contributed by atoms with Crippen LogP contribution in [-0.4, -0.2) is 26.1 Å². The highest BCUT2D eigenvalue weighted by Gasteiger charge is 2.30. The molecule has 0 amide bonds. The van der Waals surface area contributed by atoms with Crippen LogP contribution < -0.4 is 5.56 Å². The predicted octanol–water partition coefficient (Wildman–Crippen LogP) is 2.09. The fourth-order valence-electron chi connectivity index (χ4n) is 2.84. The van der Waals surface area contributed by atoms with Gasteiger partial charge in [0.25, 0.3) is 5.56 Å². The van der Waals surface area contributed by atoms with Crippen LogP contribution in [0.25, 0.3) is 10.2 Å². The Hall–Kier alpha value is -1.76. The average molecular weight is 321 g/mol. The van der Waals surface area contributed by atoms with Crippen molar-refractivity contribution in [2.24, 2.45) is 11.3 Å². The minimum Gasteiger partial charge on any atom is -0.481 e. The van der Waals surface area contributed by atoms with Crippen LogP contribution in [0.2, 0.25) is 0 Å². The van der Waals surface area contributed by atoms with Crippen molar-refractivity contribution < 1.29 is 9.90 Å². The van der Waals surface area contributed by atoms with Gasteiger partial charge in [-0.2, -0.15) is 0 Å². The molecule has 0 saturated carbocycles. The molecule has 2 aromatic heterocycles. The number of fused-ring (bicyclic) bond motifs is 3.